The topological polar surface area (TPSA) is 55.1 Å². The lowest BCUT2D eigenvalue weighted by Crippen LogP contribution is -2.50. The fourth-order valence-corrected chi connectivity index (χ4v) is 1.64. The summed E-state index contributed by atoms with van der Waals surface area (Å²) in [6.45, 7) is 0. The van der Waals surface area contributed by atoms with Gasteiger partial charge in [-0.2, -0.15) is 8.78 Å². The molecule has 3 nitrogen and oxygen atoms in total. The van der Waals surface area contributed by atoms with Gasteiger partial charge in [0, 0.05) is 12.1 Å². The molecule has 1 fully saturated rings. The van der Waals surface area contributed by atoms with Crippen LogP contribution in [0.3, 0.4) is 0 Å². The number of rotatable bonds is 3. The van der Waals surface area contributed by atoms with E-state index in [2.05, 4.69) is 0 Å². The molecule has 1 aliphatic carbocycles. The third-order valence-electron chi connectivity index (χ3n) is 2.68. The summed E-state index contributed by atoms with van der Waals surface area (Å²) in [6, 6.07) is -0.472. The van der Waals surface area contributed by atoms with Crippen LogP contribution in [0.15, 0.2) is 0 Å². The number of nitrogens with one attached hydrogen (secondary N) is 1. The first-order valence-electron chi connectivity index (χ1n) is 5.06. The maximum absolute atomic E-state index is 12.6. The first-order chi connectivity index (χ1) is 7.34. The highest BCUT2D eigenvalue weighted by Crippen LogP contribution is 2.24. The second-order valence-corrected chi connectivity index (χ2v) is 4.01. The van der Waals surface area contributed by atoms with Crippen LogP contribution >= 0.6 is 12.4 Å². The largest absolute Gasteiger partial charge is 0.383 e. The minimum atomic E-state index is -4.61. The Kier molecular flexibility index (Phi) is 6.18. The van der Waals surface area contributed by atoms with Gasteiger partial charge in [0.25, 0.3) is 5.91 Å². The van der Waals surface area contributed by atoms with Crippen LogP contribution in [0.4, 0.5) is 17.6 Å². The number of hydrogen-bond acceptors (Lipinski definition) is 2. The summed E-state index contributed by atoms with van der Waals surface area (Å²) in [5.74, 6) is -6.51. The zero-order chi connectivity index (χ0) is 12.3. The molecule has 0 aromatic heterocycles. The van der Waals surface area contributed by atoms with Crippen molar-refractivity contribution in [2.45, 2.75) is 50.1 Å². The number of amides is 1. The molecule has 17 heavy (non-hydrogen) atoms. The van der Waals surface area contributed by atoms with E-state index in [1.54, 1.807) is 0 Å². The lowest BCUT2D eigenvalue weighted by Gasteiger charge is -2.28. The van der Waals surface area contributed by atoms with Crippen LogP contribution in [-0.4, -0.2) is 30.3 Å². The number of carbonyl (C=O) groups is 1. The van der Waals surface area contributed by atoms with Crippen molar-refractivity contribution in [2.24, 2.45) is 5.73 Å². The summed E-state index contributed by atoms with van der Waals surface area (Å²) in [7, 11) is 0. The molecule has 1 rings (SSSR count). The van der Waals surface area contributed by atoms with Gasteiger partial charge in [0.05, 0.1) is 0 Å². The van der Waals surface area contributed by atoms with Crippen molar-refractivity contribution in [3.8, 4) is 0 Å². The molecule has 1 saturated carbocycles. The van der Waals surface area contributed by atoms with E-state index in [1.165, 1.54) is 0 Å². The van der Waals surface area contributed by atoms with Gasteiger partial charge in [-0.3, -0.25) is 4.79 Å². The van der Waals surface area contributed by atoms with Crippen molar-refractivity contribution in [3.63, 3.8) is 0 Å². The zero-order valence-electron chi connectivity index (χ0n) is 8.97. The number of nitrogens with two attached hydrogens (primary N) is 1. The molecule has 0 saturated heterocycles. The molecule has 0 atom stereocenters. The third kappa shape index (κ3) is 4.31. The molecule has 3 N–H and O–H groups in total. The number of hydrogen-bond donors (Lipinski definition) is 2. The zero-order valence-corrected chi connectivity index (χ0v) is 9.78. The maximum atomic E-state index is 12.6. The van der Waals surface area contributed by atoms with Gasteiger partial charge in [0.15, 0.2) is 0 Å². The quantitative estimate of drug-likeness (QED) is 0.772. The highest BCUT2D eigenvalue weighted by molar-refractivity contribution is 5.85. The van der Waals surface area contributed by atoms with Crippen molar-refractivity contribution in [1.29, 1.82) is 0 Å². The van der Waals surface area contributed by atoms with E-state index >= 15 is 0 Å². The molecular formula is C9H15ClF4N2O. The van der Waals surface area contributed by atoms with E-state index in [-0.39, 0.29) is 18.4 Å². The van der Waals surface area contributed by atoms with E-state index in [4.69, 9.17) is 5.73 Å². The fourth-order valence-electron chi connectivity index (χ4n) is 1.64. The molecule has 0 aromatic carbocycles. The Morgan fingerprint density at radius 1 is 1.24 bits per heavy atom. The van der Waals surface area contributed by atoms with Gasteiger partial charge in [0.1, 0.15) is 0 Å². The molecular weight excluding hydrogens is 264 g/mol. The Morgan fingerprint density at radius 3 is 2.12 bits per heavy atom. The molecule has 0 aromatic rings. The Labute approximate surface area is 103 Å². The standard InChI is InChI=1S/C9H14F4N2O.ClH/c10-7(11)9(12,13)8(16)15-6-3-1-5(14)2-4-6;/h5-7H,1-4,14H2,(H,15,16);1H. The number of carbonyl (C=O) groups excluding carboxylic acids is 1. The summed E-state index contributed by atoms with van der Waals surface area (Å²) < 4.78 is 48.9. The Bertz CT molecular complexity index is 257. The summed E-state index contributed by atoms with van der Waals surface area (Å²) in [4.78, 5) is 10.9. The van der Waals surface area contributed by atoms with Crippen LogP contribution in [0.2, 0.25) is 0 Å². The van der Waals surface area contributed by atoms with E-state index in [0.717, 1.165) is 0 Å². The summed E-state index contributed by atoms with van der Waals surface area (Å²) in [5, 5.41) is 1.94. The Hall–Kier alpha value is -0.560. The van der Waals surface area contributed by atoms with Crippen LogP contribution in [0.5, 0.6) is 0 Å². The van der Waals surface area contributed by atoms with Crippen molar-refractivity contribution in [2.75, 3.05) is 0 Å². The average molecular weight is 279 g/mol. The van der Waals surface area contributed by atoms with Gasteiger partial charge in [-0.1, -0.05) is 0 Å². The molecule has 1 amide bonds. The monoisotopic (exact) mass is 278 g/mol. The van der Waals surface area contributed by atoms with Crippen LogP contribution in [0.1, 0.15) is 25.7 Å². The summed E-state index contributed by atoms with van der Waals surface area (Å²) in [5.41, 5.74) is 5.58. The van der Waals surface area contributed by atoms with Gasteiger partial charge in [-0.05, 0) is 25.7 Å². The second-order valence-electron chi connectivity index (χ2n) is 4.01. The lowest BCUT2D eigenvalue weighted by atomic mass is 9.92. The van der Waals surface area contributed by atoms with Crippen molar-refractivity contribution in [3.05, 3.63) is 0 Å². The molecule has 0 unspecified atom stereocenters. The smallest absolute Gasteiger partial charge is 0.348 e. The Morgan fingerprint density at radius 2 is 1.71 bits per heavy atom. The molecule has 1 aliphatic rings. The van der Waals surface area contributed by atoms with Crippen molar-refractivity contribution < 1.29 is 22.4 Å². The molecule has 0 bridgehead atoms. The van der Waals surface area contributed by atoms with Gasteiger partial charge in [-0.25, -0.2) is 8.78 Å². The van der Waals surface area contributed by atoms with E-state index in [0.29, 0.717) is 25.7 Å². The van der Waals surface area contributed by atoms with Crippen LogP contribution in [0, 0.1) is 0 Å². The predicted molar refractivity (Wildman–Crippen MR) is 56.6 cm³/mol. The van der Waals surface area contributed by atoms with Gasteiger partial charge in [-0.15, -0.1) is 12.4 Å². The highest BCUT2D eigenvalue weighted by atomic mass is 35.5. The first kappa shape index (κ1) is 16.4. The normalized spacial score (nSPS) is 25.3. The molecule has 0 aliphatic heterocycles. The second kappa shape index (κ2) is 6.39. The molecule has 0 spiro atoms. The number of halogens is 5. The van der Waals surface area contributed by atoms with Gasteiger partial charge >= 0.3 is 12.3 Å². The third-order valence-corrected chi connectivity index (χ3v) is 2.68. The molecule has 0 radical (unpaired) electrons. The SMILES string of the molecule is Cl.NC1CCC(NC(=O)C(F)(F)C(F)F)CC1. The number of alkyl halides is 4. The van der Waals surface area contributed by atoms with E-state index in [9.17, 15) is 22.4 Å². The summed E-state index contributed by atoms with van der Waals surface area (Å²) in [6.07, 6.45) is -1.87. The van der Waals surface area contributed by atoms with Gasteiger partial charge in [0.2, 0.25) is 0 Å². The minimum Gasteiger partial charge on any atom is -0.348 e. The maximum Gasteiger partial charge on any atom is 0.383 e. The van der Waals surface area contributed by atoms with Crippen molar-refractivity contribution in [1.82, 2.24) is 5.32 Å². The highest BCUT2D eigenvalue weighted by Gasteiger charge is 2.49. The molecule has 102 valence electrons. The van der Waals surface area contributed by atoms with E-state index in [1.807, 2.05) is 5.32 Å². The lowest BCUT2D eigenvalue weighted by molar-refractivity contribution is -0.170. The molecule has 0 heterocycles. The van der Waals surface area contributed by atoms with Crippen LogP contribution in [-0.2, 0) is 4.79 Å². The van der Waals surface area contributed by atoms with Crippen molar-refractivity contribution >= 4 is 18.3 Å². The minimum absolute atomic E-state index is 0. The van der Waals surface area contributed by atoms with E-state index < -0.39 is 24.3 Å². The van der Waals surface area contributed by atoms with Gasteiger partial charge < -0.3 is 11.1 Å². The molecule has 8 heteroatoms. The van der Waals surface area contributed by atoms with Crippen LogP contribution < -0.4 is 11.1 Å². The Balaban J connectivity index is 0.00000256. The predicted octanol–water partition coefficient (Wildman–Crippen LogP) is 1.69. The fraction of sp³-hybridized carbons (Fsp3) is 0.889. The summed E-state index contributed by atoms with van der Waals surface area (Å²) >= 11 is 0. The van der Waals surface area contributed by atoms with Crippen LogP contribution in [0.25, 0.3) is 0 Å². The first-order valence-corrected chi connectivity index (χ1v) is 5.06. The average Bonchev–Trinajstić information content (AvgIpc) is 2.21.